The number of ether oxygens (including phenoxy) is 1. The van der Waals surface area contributed by atoms with Crippen molar-refractivity contribution in [3.8, 4) is 5.88 Å². The monoisotopic (exact) mass is 245 g/mol. The molecule has 0 saturated heterocycles. The largest absolute Gasteiger partial charge is 0.480 e. The minimum Gasteiger partial charge on any atom is -0.480 e. The maximum absolute atomic E-state index is 5.63. The molecule has 0 radical (unpaired) electrons. The highest BCUT2D eigenvalue weighted by atomic mass is 16.5. The summed E-state index contributed by atoms with van der Waals surface area (Å²) in [6.45, 7) is 1.99. The number of pyridine rings is 1. The molecule has 6 heteroatoms. The van der Waals surface area contributed by atoms with Crippen molar-refractivity contribution in [3.63, 3.8) is 0 Å². The Morgan fingerprint density at radius 2 is 2.06 bits per heavy atom. The van der Waals surface area contributed by atoms with E-state index in [0.29, 0.717) is 11.6 Å². The molecule has 0 saturated carbocycles. The first kappa shape index (κ1) is 12.4. The van der Waals surface area contributed by atoms with E-state index in [1.54, 1.807) is 31.9 Å². The molecule has 1 unspecified atom stereocenters. The molecule has 18 heavy (non-hydrogen) atoms. The molecule has 0 aliphatic rings. The highest BCUT2D eigenvalue weighted by Crippen LogP contribution is 2.26. The summed E-state index contributed by atoms with van der Waals surface area (Å²) in [5, 5.41) is 0. The van der Waals surface area contributed by atoms with Crippen LogP contribution in [0.3, 0.4) is 0 Å². The van der Waals surface area contributed by atoms with Gasteiger partial charge in [0.15, 0.2) is 0 Å². The lowest BCUT2D eigenvalue weighted by atomic mass is 10.0. The van der Waals surface area contributed by atoms with Gasteiger partial charge in [-0.25, -0.2) is 10.4 Å². The fraction of sp³-hybridized carbons (Fsp3) is 0.250. The van der Waals surface area contributed by atoms with Crippen molar-refractivity contribution in [2.75, 3.05) is 7.11 Å². The van der Waals surface area contributed by atoms with Crippen LogP contribution in [-0.4, -0.2) is 22.1 Å². The second-order valence-electron chi connectivity index (χ2n) is 3.78. The lowest BCUT2D eigenvalue weighted by molar-refractivity contribution is 0.382. The number of hydrogen-bond donors (Lipinski definition) is 2. The summed E-state index contributed by atoms with van der Waals surface area (Å²) in [6, 6.07) is 1.62. The van der Waals surface area contributed by atoms with E-state index in [1.165, 1.54) is 0 Å². The zero-order valence-electron chi connectivity index (χ0n) is 10.3. The van der Waals surface area contributed by atoms with E-state index in [1.807, 2.05) is 13.0 Å². The van der Waals surface area contributed by atoms with E-state index in [2.05, 4.69) is 20.4 Å². The highest BCUT2D eigenvalue weighted by molar-refractivity contribution is 5.35. The van der Waals surface area contributed by atoms with Gasteiger partial charge in [-0.2, -0.15) is 0 Å². The van der Waals surface area contributed by atoms with Gasteiger partial charge in [-0.1, -0.05) is 0 Å². The SMILES string of the molecule is COc1nccnc1C(NN)c1cnccc1C. The van der Waals surface area contributed by atoms with Crippen molar-refractivity contribution in [1.29, 1.82) is 0 Å². The minimum absolute atomic E-state index is 0.303. The standard InChI is InChI=1S/C12H15N5O/c1-8-3-4-14-7-9(8)10(17-13)11-12(18-2)16-6-5-15-11/h3-7,10,17H,13H2,1-2H3. The van der Waals surface area contributed by atoms with Crippen molar-refractivity contribution in [3.05, 3.63) is 47.7 Å². The zero-order chi connectivity index (χ0) is 13.0. The summed E-state index contributed by atoms with van der Waals surface area (Å²) in [5.74, 6) is 6.08. The number of rotatable bonds is 4. The van der Waals surface area contributed by atoms with Gasteiger partial charge in [0.2, 0.25) is 5.88 Å². The van der Waals surface area contributed by atoms with Crippen LogP contribution in [0.15, 0.2) is 30.9 Å². The van der Waals surface area contributed by atoms with Crippen LogP contribution in [-0.2, 0) is 0 Å². The third-order valence-electron chi connectivity index (χ3n) is 2.72. The molecule has 0 bridgehead atoms. The molecular formula is C12H15N5O. The van der Waals surface area contributed by atoms with Crippen LogP contribution in [0.2, 0.25) is 0 Å². The molecule has 2 aromatic rings. The van der Waals surface area contributed by atoms with Crippen LogP contribution in [0.4, 0.5) is 0 Å². The van der Waals surface area contributed by atoms with E-state index in [4.69, 9.17) is 10.6 Å². The Morgan fingerprint density at radius 1 is 1.28 bits per heavy atom. The highest BCUT2D eigenvalue weighted by Gasteiger charge is 2.20. The van der Waals surface area contributed by atoms with Crippen molar-refractivity contribution >= 4 is 0 Å². The number of aromatic nitrogens is 3. The Morgan fingerprint density at radius 3 is 2.72 bits per heavy atom. The molecular weight excluding hydrogens is 230 g/mol. The molecule has 94 valence electrons. The number of nitrogens with two attached hydrogens (primary N) is 1. The van der Waals surface area contributed by atoms with Gasteiger partial charge in [-0.05, 0) is 24.1 Å². The molecule has 2 heterocycles. The quantitative estimate of drug-likeness (QED) is 0.610. The number of aryl methyl sites for hydroxylation is 1. The van der Waals surface area contributed by atoms with Gasteiger partial charge in [-0.3, -0.25) is 15.8 Å². The molecule has 6 nitrogen and oxygen atoms in total. The summed E-state index contributed by atoms with van der Waals surface area (Å²) in [6.07, 6.45) is 6.67. The fourth-order valence-corrected chi connectivity index (χ4v) is 1.79. The smallest absolute Gasteiger partial charge is 0.237 e. The first-order valence-electron chi connectivity index (χ1n) is 5.49. The van der Waals surface area contributed by atoms with Gasteiger partial charge in [0.05, 0.1) is 13.2 Å². The summed E-state index contributed by atoms with van der Waals surface area (Å²) in [5.41, 5.74) is 5.38. The summed E-state index contributed by atoms with van der Waals surface area (Å²) >= 11 is 0. The Bertz CT molecular complexity index is 531. The normalized spacial score (nSPS) is 12.2. The predicted molar refractivity (Wildman–Crippen MR) is 66.7 cm³/mol. The zero-order valence-corrected chi connectivity index (χ0v) is 10.3. The van der Waals surface area contributed by atoms with Gasteiger partial charge in [0, 0.05) is 24.8 Å². The molecule has 0 aliphatic heterocycles. The molecule has 0 fully saturated rings. The summed E-state index contributed by atoms with van der Waals surface area (Å²) in [4.78, 5) is 12.5. The third kappa shape index (κ3) is 2.29. The van der Waals surface area contributed by atoms with E-state index in [-0.39, 0.29) is 6.04 Å². The summed E-state index contributed by atoms with van der Waals surface area (Å²) in [7, 11) is 1.55. The molecule has 0 amide bonds. The van der Waals surface area contributed by atoms with Crippen LogP contribution in [0, 0.1) is 6.92 Å². The summed E-state index contributed by atoms with van der Waals surface area (Å²) < 4.78 is 5.20. The van der Waals surface area contributed by atoms with Gasteiger partial charge >= 0.3 is 0 Å². The molecule has 2 rings (SSSR count). The second-order valence-corrected chi connectivity index (χ2v) is 3.78. The molecule has 3 N–H and O–H groups in total. The number of hydrogen-bond acceptors (Lipinski definition) is 6. The van der Waals surface area contributed by atoms with Gasteiger partial charge < -0.3 is 4.74 Å². The van der Waals surface area contributed by atoms with Crippen LogP contribution >= 0.6 is 0 Å². The lowest BCUT2D eigenvalue weighted by Crippen LogP contribution is -2.30. The molecule has 0 spiro atoms. The average molecular weight is 245 g/mol. The van der Waals surface area contributed by atoms with E-state index >= 15 is 0 Å². The topological polar surface area (TPSA) is 86.0 Å². The van der Waals surface area contributed by atoms with Crippen LogP contribution in [0.5, 0.6) is 5.88 Å². The Kier molecular flexibility index (Phi) is 3.81. The molecule has 1 atom stereocenters. The number of methoxy groups -OCH3 is 1. The van der Waals surface area contributed by atoms with Crippen LogP contribution < -0.4 is 16.0 Å². The van der Waals surface area contributed by atoms with E-state index in [0.717, 1.165) is 11.1 Å². The predicted octanol–water partition coefficient (Wildman–Crippen LogP) is 0.741. The van der Waals surface area contributed by atoms with Crippen molar-refractivity contribution < 1.29 is 4.74 Å². The average Bonchev–Trinajstić information content (AvgIpc) is 2.42. The Balaban J connectivity index is 2.49. The van der Waals surface area contributed by atoms with Gasteiger partial charge in [-0.15, -0.1) is 0 Å². The first-order chi connectivity index (χ1) is 8.77. The van der Waals surface area contributed by atoms with E-state index < -0.39 is 0 Å². The molecule has 0 aliphatic carbocycles. The third-order valence-corrected chi connectivity index (χ3v) is 2.72. The van der Waals surface area contributed by atoms with Crippen LogP contribution in [0.1, 0.15) is 22.9 Å². The van der Waals surface area contributed by atoms with Crippen molar-refractivity contribution in [1.82, 2.24) is 20.4 Å². The number of hydrazine groups is 1. The van der Waals surface area contributed by atoms with E-state index in [9.17, 15) is 0 Å². The minimum atomic E-state index is -0.303. The lowest BCUT2D eigenvalue weighted by Gasteiger charge is -2.18. The maximum atomic E-state index is 5.63. The molecule has 0 aromatic carbocycles. The Labute approximate surface area is 105 Å². The van der Waals surface area contributed by atoms with Crippen LogP contribution in [0.25, 0.3) is 0 Å². The van der Waals surface area contributed by atoms with Crippen molar-refractivity contribution in [2.24, 2.45) is 5.84 Å². The Hall–Kier alpha value is -2.05. The number of nitrogens with one attached hydrogen (secondary N) is 1. The first-order valence-corrected chi connectivity index (χ1v) is 5.49. The van der Waals surface area contributed by atoms with Gasteiger partial charge in [0.1, 0.15) is 5.69 Å². The number of nitrogens with zero attached hydrogens (tertiary/aromatic N) is 3. The fourth-order valence-electron chi connectivity index (χ4n) is 1.79. The van der Waals surface area contributed by atoms with Gasteiger partial charge in [0.25, 0.3) is 0 Å². The molecule has 2 aromatic heterocycles. The second kappa shape index (κ2) is 5.52. The maximum Gasteiger partial charge on any atom is 0.237 e. The van der Waals surface area contributed by atoms with Crippen molar-refractivity contribution in [2.45, 2.75) is 13.0 Å².